The van der Waals surface area contributed by atoms with E-state index in [1.54, 1.807) is 0 Å². The number of nitrogens with zero attached hydrogens (tertiary/aromatic N) is 2. The van der Waals surface area contributed by atoms with Gasteiger partial charge in [-0.25, -0.2) is 22.6 Å². The van der Waals surface area contributed by atoms with E-state index in [4.69, 9.17) is 10.5 Å². The van der Waals surface area contributed by atoms with E-state index in [2.05, 4.69) is 9.72 Å². The van der Waals surface area contributed by atoms with Gasteiger partial charge in [0, 0.05) is 31.3 Å². The Morgan fingerprint density at radius 1 is 1.26 bits per heavy atom. The fourth-order valence-corrected chi connectivity index (χ4v) is 4.77. The fourth-order valence-electron chi connectivity index (χ4n) is 3.31. The van der Waals surface area contributed by atoms with Crippen molar-refractivity contribution >= 4 is 22.0 Å². The highest BCUT2D eigenvalue weighted by molar-refractivity contribution is 7.89. The van der Waals surface area contributed by atoms with Crippen molar-refractivity contribution in [3.05, 3.63) is 30.2 Å². The van der Waals surface area contributed by atoms with Gasteiger partial charge in [0.25, 0.3) is 0 Å². The third-order valence-electron chi connectivity index (χ3n) is 5.03. The van der Waals surface area contributed by atoms with Crippen LogP contribution in [-0.2, 0) is 24.3 Å². The molecule has 1 saturated carbocycles. The summed E-state index contributed by atoms with van der Waals surface area (Å²) < 4.78 is 84.5. The molecule has 2 N–H and O–H groups in total. The van der Waals surface area contributed by atoms with Gasteiger partial charge in [-0.1, -0.05) is 0 Å². The zero-order valence-corrected chi connectivity index (χ0v) is 16.5. The molecule has 2 atom stereocenters. The van der Waals surface area contributed by atoms with Crippen LogP contribution in [0.15, 0.2) is 35.1 Å². The number of hydrogen-bond donors (Lipinski definition) is 1. The third-order valence-corrected chi connectivity index (χ3v) is 6.84. The number of halogens is 4. The standard InChI is InChI=1S/C17H17F4N3O6S/c18-3-9(4-22)8-29-13-2-1-10(5-23-13)31(27,28)24-6-11-12(7-24)14(11)15(25)30-16(26)17(19,20)21/h1-3,5,11-12,14H,4,6-8,22H2/b9-3+. The topological polar surface area (TPSA) is 129 Å². The second-order valence-corrected chi connectivity index (χ2v) is 8.91. The average Bonchev–Trinajstić information content (AvgIpc) is 3.21. The van der Waals surface area contributed by atoms with Crippen molar-refractivity contribution in [2.75, 3.05) is 26.2 Å². The fraction of sp³-hybridized carbons (Fsp3) is 0.471. The predicted octanol–water partition coefficient (Wildman–Crippen LogP) is 0.771. The SMILES string of the molecule is NC/C(=C\F)COc1ccc(S(=O)(=O)N2CC3C(C2)C3C(=O)OC(=O)C(F)(F)F)cn1. The van der Waals surface area contributed by atoms with Crippen molar-refractivity contribution in [3.8, 4) is 5.88 Å². The first-order valence-electron chi connectivity index (χ1n) is 8.89. The Hall–Kier alpha value is -2.58. The highest BCUT2D eigenvalue weighted by Gasteiger charge is 2.63. The highest BCUT2D eigenvalue weighted by atomic mass is 32.2. The van der Waals surface area contributed by atoms with Crippen molar-refractivity contribution in [1.29, 1.82) is 0 Å². The Labute approximate surface area is 173 Å². The maximum Gasteiger partial charge on any atom is 0.491 e. The molecule has 0 amide bonds. The molecule has 2 unspecified atom stereocenters. The number of hydrogen-bond acceptors (Lipinski definition) is 8. The summed E-state index contributed by atoms with van der Waals surface area (Å²) in [4.78, 5) is 26.2. The molecule has 0 radical (unpaired) electrons. The number of aromatic nitrogens is 1. The van der Waals surface area contributed by atoms with Crippen LogP contribution in [0.3, 0.4) is 0 Å². The number of carbonyl (C=O) groups is 2. The van der Waals surface area contributed by atoms with Crippen LogP contribution in [0.25, 0.3) is 0 Å². The first-order chi connectivity index (χ1) is 14.5. The summed E-state index contributed by atoms with van der Waals surface area (Å²) in [6, 6.07) is 2.51. The van der Waals surface area contributed by atoms with Crippen LogP contribution >= 0.6 is 0 Å². The van der Waals surface area contributed by atoms with Gasteiger partial charge in [0.05, 0.1) is 18.4 Å². The molecular weight excluding hydrogens is 450 g/mol. The maximum absolute atomic E-state index is 12.7. The molecular formula is C17H17F4N3O6S. The van der Waals surface area contributed by atoms with Gasteiger partial charge in [-0.15, -0.1) is 0 Å². The number of fused-ring (bicyclic) bond motifs is 1. The first kappa shape index (κ1) is 23.1. The molecule has 2 fully saturated rings. The molecule has 0 aromatic carbocycles. The Morgan fingerprint density at radius 3 is 2.39 bits per heavy atom. The van der Waals surface area contributed by atoms with Gasteiger partial charge in [-0.2, -0.15) is 17.5 Å². The second-order valence-electron chi connectivity index (χ2n) is 6.97. The smallest absolute Gasteiger partial charge is 0.473 e. The monoisotopic (exact) mass is 467 g/mol. The van der Waals surface area contributed by atoms with Crippen molar-refractivity contribution in [1.82, 2.24) is 9.29 Å². The molecule has 14 heteroatoms. The number of pyridine rings is 1. The number of piperidine rings is 1. The first-order valence-corrected chi connectivity index (χ1v) is 10.3. The summed E-state index contributed by atoms with van der Waals surface area (Å²) in [5, 5.41) is 0. The van der Waals surface area contributed by atoms with E-state index < -0.39 is 45.9 Å². The number of ether oxygens (including phenoxy) is 2. The van der Waals surface area contributed by atoms with Crippen LogP contribution in [0.2, 0.25) is 0 Å². The lowest BCUT2D eigenvalue weighted by Crippen LogP contribution is -2.34. The quantitative estimate of drug-likeness (QED) is 0.354. The zero-order chi connectivity index (χ0) is 23.0. The zero-order valence-electron chi connectivity index (χ0n) is 15.7. The molecule has 1 aromatic rings. The Kier molecular flexibility index (Phi) is 6.34. The van der Waals surface area contributed by atoms with Crippen LogP contribution in [0.1, 0.15) is 0 Å². The molecule has 2 heterocycles. The summed E-state index contributed by atoms with van der Waals surface area (Å²) in [7, 11) is -3.97. The molecule has 3 rings (SSSR count). The molecule has 0 spiro atoms. The van der Waals surface area contributed by atoms with Crippen molar-refractivity contribution in [2.45, 2.75) is 11.1 Å². The lowest BCUT2D eigenvalue weighted by atomic mass is 10.3. The van der Waals surface area contributed by atoms with Gasteiger partial charge in [-0.05, 0) is 17.9 Å². The van der Waals surface area contributed by atoms with Crippen LogP contribution < -0.4 is 10.5 Å². The average molecular weight is 467 g/mol. The van der Waals surface area contributed by atoms with E-state index in [-0.39, 0.29) is 42.6 Å². The van der Waals surface area contributed by atoms with Gasteiger partial charge in [0.1, 0.15) is 11.5 Å². The minimum absolute atomic E-state index is 0.0492. The van der Waals surface area contributed by atoms with E-state index in [9.17, 15) is 35.6 Å². The van der Waals surface area contributed by atoms with Crippen LogP contribution in [-0.4, -0.2) is 62.1 Å². The molecule has 9 nitrogen and oxygen atoms in total. The van der Waals surface area contributed by atoms with Crippen molar-refractivity contribution in [2.24, 2.45) is 23.5 Å². The Balaban J connectivity index is 1.57. The van der Waals surface area contributed by atoms with E-state index in [1.807, 2.05) is 0 Å². The highest BCUT2D eigenvalue weighted by Crippen LogP contribution is 2.53. The van der Waals surface area contributed by atoms with Gasteiger partial charge < -0.3 is 15.2 Å². The van der Waals surface area contributed by atoms with Gasteiger partial charge in [0.15, 0.2) is 0 Å². The number of alkyl halides is 3. The van der Waals surface area contributed by atoms with Gasteiger partial charge in [0.2, 0.25) is 15.9 Å². The molecule has 1 aliphatic heterocycles. The molecule has 31 heavy (non-hydrogen) atoms. The minimum Gasteiger partial charge on any atom is -0.473 e. The van der Waals surface area contributed by atoms with E-state index in [1.165, 1.54) is 12.1 Å². The van der Waals surface area contributed by atoms with Crippen LogP contribution in [0.5, 0.6) is 5.88 Å². The summed E-state index contributed by atoms with van der Waals surface area (Å²) in [6.07, 6.45) is -3.94. The molecule has 1 aromatic heterocycles. The van der Waals surface area contributed by atoms with E-state index >= 15 is 0 Å². The summed E-state index contributed by atoms with van der Waals surface area (Å²) in [5.41, 5.74) is 5.48. The van der Waals surface area contributed by atoms with Crippen molar-refractivity contribution < 1.29 is 45.0 Å². The maximum atomic E-state index is 12.7. The lowest BCUT2D eigenvalue weighted by molar-refractivity contribution is -0.202. The van der Waals surface area contributed by atoms with Crippen LogP contribution in [0, 0.1) is 17.8 Å². The van der Waals surface area contributed by atoms with Crippen LogP contribution in [0.4, 0.5) is 17.6 Å². The molecule has 2 aliphatic rings. The number of carbonyl (C=O) groups excluding carboxylic acids is 2. The molecule has 170 valence electrons. The Morgan fingerprint density at radius 2 is 1.90 bits per heavy atom. The molecule has 0 bridgehead atoms. The van der Waals surface area contributed by atoms with Crippen molar-refractivity contribution in [3.63, 3.8) is 0 Å². The van der Waals surface area contributed by atoms with E-state index in [0.717, 1.165) is 10.5 Å². The normalized spacial score (nSPS) is 23.9. The van der Waals surface area contributed by atoms with Gasteiger partial charge >= 0.3 is 18.1 Å². The second kappa shape index (κ2) is 8.51. The summed E-state index contributed by atoms with van der Waals surface area (Å²) in [6.45, 7) is -0.423. The van der Waals surface area contributed by atoms with Gasteiger partial charge in [-0.3, -0.25) is 4.79 Å². The largest absolute Gasteiger partial charge is 0.491 e. The number of sulfonamides is 1. The lowest BCUT2D eigenvalue weighted by Gasteiger charge is -2.19. The molecule has 1 saturated heterocycles. The van der Waals surface area contributed by atoms with E-state index in [0.29, 0.717) is 6.33 Å². The molecule has 1 aliphatic carbocycles. The Bertz CT molecular complexity index is 984. The number of esters is 2. The summed E-state index contributed by atoms with van der Waals surface area (Å²) in [5.74, 6) is -5.86. The number of rotatable bonds is 7. The minimum atomic E-state index is -5.29. The number of nitrogens with two attached hydrogens (primary N) is 1. The summed E-state index contributed by atoms with van der Waals surface area (Å²) >= 11 is 0. The predicted molar refractivity (Wildman–Crippen MR) is 94.4 cm³/mol. The third kappa shape index (κ3) is 4.85.